The fourth-order valence-electron chi connectivity index (χ4n) is 1.67. The molecule has 0 aliphatic carbocycles. The third kappa shape index (κ3) is 3.44. The molecule has 1 aromatic rings. The molecule has 0 spiro atoms. The Bertz CT molecular complexity index is 483. The first-order chi connectivity index (χ1) is 8.67. The van der Waals surface area contributed by atoms with Crippen molar-refractivity contribution in [1.82, 2.24) is 15.5 Å². The molecule has 2 N–H and O–H groups in total. The minimum Gasteiger partial charge on any atom is -0.300 e. The van der Waals surface area contributed by atoms with Gasteiger partial charge in [0.2, 0.25) is 11.0 Å². The van der Waals surface area contributed by atoms with Crippen molar-refractivity contribution in [3.63, 3.8) is 0 Å². The normalized spacial score (nSPS) is 22.5. The largest absolute Gasteiger partial charge is 0.300 e. The molecule has 0 bridgehead atoms. The van der Waals surface area contributed by atoms with Crippen LogP contribution in [0.1, 0.15) is 32.2 Å². The second-order valence-electron chi connectivity index (χ2n) is 5.65. The van der Waals surface area contributed by atoms with Crippen molar-refractivity contribution in [2.24, 2.45) is 0 Å². The van der Waals surface area contributed by atoms with Gasteiger partial charge in [0, 0.05) is 11.8 Å². The molecular weight excluding hydrogens is 274 g/mol. The molecule has 19 heavy (non-hydrogen) atoms. The minimum atomic E-state index is -2.82. The van der Waals surface area contributed by atoms with Gasteiger partial charge >= 0.3 is 0 Å². The summed E-state index contributed by atoms with van der Waals surface area (Å²) in [4.78, 5) is 11.8. The zero-order valence-electron chi connectivity index (χ0n) is 11.0. The molecule has 2 rings (SSSR count). The predicted molar refractivity (Wildman–Crippen MR) is 68.6 cm³/mol. The van der Waals surface area contributed by atoms with Crippen molar-refractivity contribution in [2.45, 2.75) is 44.6 Å². The molecular formula is C11H16F2N4OS. The summed E-state index contributed by atoms with van der Waals surface area (Å²) in [5.41, 5.74) is -0.153. The van der Waals surface area contributed by atoms with E-state index in [0.29, 0.717) is 5.13 Å². The molecule has 0 aromatic carbocycles. The van der Waals surface area contributed by atoms with E-state index in [1.807, 2.05) is 20.8 Å². The molecule has 8 heteroatoms. The number of hydrogen-bond donors (Lipinski definition) is 2. The van der Waals surface area contributed by atoms with Crippen molar-refractivity contribution < 1.29 is 13.6 Å². The van der Waals surface area contributed by atoms with Gasteiger partial charge in [-0.2, -0.15) is 0 Å². The number of amides is 1. The van der Waals surface area contributed by atoms with Gasteiger partial charge in [-0.1, -0.05) is 32.1 Å². The standard InChI is InChI=1S/C11H16F2N4OS/c1-10(2,3)8-16-17-9(19-8)15-7(18)6-4-11(12,13)5-14-6/h6,14H,4-5H2,1-3H3,(H,15,17,18). The van der Waals surface area contributed by atoms with Crippen LogP contribution in [0, 0.1) is 0 Å². The summed E-state index contributed by atoms with van der Waals surface area (Å²) in [6.45, 7) is 5.49. The van der Waals surface area contributed by atoms with E-state index < -0.39 is 30.8 Å². The van der Waals surface area contributed by atoms with E-state index in [1.54, 1.807) is 0 Å². The maximum atomic E-state index is 13.0. The zero-order chi connectivity index (χ0) is 14.3. The highest BCUT2D eigenvalue weighted by Gasteiger charge is 2.42. The van der Waals surface area contributed by atoms with Gasteiger partial charge in [0.15, 0.2) is 0 Å². The molecule has 1 atom stereocenters. The first-order valence-electron chi connectivity index (χ1n) is 5.93. The first-order valence-corrected chi connectivity index (χ1v) is 6.75. The fourth-order valence-corrected chi connectivity index (χ4v) is 2.47. The van der Waals surface area contributed by atoms with E-state index in [-0.39, 0.29) is 5.41 Å². The Morgan fingerprint density at radius 1 is 1.47 bits per heavy atom. The van der Waals surface area contributed by atoms with Crippen LogP contribution in [0.2, 0.25) is 0 Å². The average Bonchev–Trinajstić information content (AvgIpc) is 2.83. The minimum absolute atomic E-state index is 0.153. The van der Waals surface area contributed by atoms with Crippen LogP contribution in [-0.4, -0.2) is 34.6 Å². The van der Waals surface area contributed by atoms with Gasteiger partial charge in [-0.25, -0.2) is 8.78 Å². The van der Waals surface area contributed by atoms with Crippen LogP contribution in [0.3, 0.4) is 0 Å². The summed E-state index contributed by atoms with van der Waals surface area (Å²) >= 11 is 1.26. The molecule has 1 saturated heterocycles. The van der Waals surface area contributed by atoms with Gasteiger partial charge in [0.1, 0.15) is 5.01 Å². The molecule has 5 nitrogen and oxygen atoms in total. The Balaban J connectivity index is 1.98. The Hall–Kier alpha value is -1.15. The second kappa shape index (κ2) is 4.75. The lowest BCUT2D eigenvalue weighted by molar-refractivity contribution is -0.118. The highest BCUT2D eigenvalue weighted by molar-refractivity contribution is 7.15. The van der Waals surface area contributed by atoms with Crippen LogP contribution < -0.4 is 10.6 Å². The van der Waals surface area contributed by atoms with Gasteiger partial charge in [-0.3, -0.25) is 15.4 Å². The lowest BCUT2D eigenvalue weighted by Gasteiger charge is -2.12. The van der Waals surface area contributed by atoms with Gasteiger partial charge < -0.3 is 0 Å². The molecule has 1 aliphatic heterocycles. The second-order valence-corrected chi connectivity index (χ2v) is 6.62. The molecule has 0 radical (unpaired) electrons. The zero-order valence-corrected chi connectivity index (χ0v) is 11.8. The van der Waals surface area contributed by atoms with Crippen LogP contribution >= 0.6 is 11.3 Å². The number of rotatable bonds is 2. The topological polar surface area (TPSA) is 66.9 Å². The van der Waals surface area contributed by atoms with Crippen LogP contribution in [0.5, 0.6) is 0 Å². The van der Waals surface area contributed by atoms with E-state index >= 15 is 0 Å². The molecule has 1 unspecified atom stereocenters. The Kier molecular flexibility index (Phi) is 3.57. The summed E-state index contributed by atoms with van der Waals surface area (Å²) in [6.07, 6.45) is -0.482. The van der Waals surface area contributed by atoms with Gasteiger partial charge in [-0.15, -0.1) is 10.2 Å². The highest BCUT2D eigenvalue weighted by atomic mass is 32.1. The number of carbonyl (C=O) groups is 1. The lowest BCUT2D eigenvalue weighted by atomic mass is 9.98. The molecule has 1 amide bonds. The lowest BCUT2D eigenvalue weighted by Crippen LogP contribution is -2.35. The van der Waals surface area contributed by atoms with Crippen molar-refractivity contribution in [3.8, 4) is 0 Å². The van der Waals surface area contributed by atoms with E-state index in [2.05, 4.69) is 20.8 Å². The average molecular weight is 290 g/mol. The number of anilines is 1. The van der Waals surface area contributed by atoms with E-state index in [4.69, 9.17) is 0 Å². The summed E-state index contributed by atoms with van der Waals surface area (Å²) in [5, 5.41) is 14.0. The molecule has 1 fully saturated rings. The van der Waals surface area contributed by atoms with Crippen LogP contribution in [-0.2, 0) is 10.2 Å². The molecule has 0 saturated carbocycles. The monoisotopic (exact) mass is 290 g/mol. The quantitative estimate of drug-likeness (QED) is 0.871. The summed E-state index contributed by atoms with van der Waals surface area (Å²) < 4.78 is 26.0. The SMILES string of the molecule is CC(C)(C)c1nnc(NC(=O)C2CC(F)(F)CN2)s1. The molecule has 106 valence electrons. The molecule has 1 aromatic heterocycles. The Labute approximate surface area is 113 Å². The summed E-state index contributed by atoms with van der Waals surface area (Å²) in [5.74, 6) is -3.31. The number of halogens is 2. The molecule has 1 aliphatic rings. The van der Waals surface area contributed by atoms with Crippen molar-refractivity contribution in [3.05, 3.63) is 5.01 Å². The van der Waals surface area contributed by atoms with Crippen molar-refractivity contribution in [2.75, 3.05) is 11.9 Å². The van der Waals surface area contributed by atoms with Crippen molar-refractivity contribution >= 4 is 22.4 Å². The van der Waals surface area contributed by atoms with Crippen LogP contribution in [0.4, 0.5) is 13.9 Å². The van der Waals surface area contributed by atoms with Gasteiger partial charge in [0.05, 0.1) is 12.6 Å². The fraction of sp³-hybridized carbons (Fsp3) is 0.727. The van der Waals surface area contributed by atoms with E-state index in [9.17, 15) is 13.6 Å². The van der Waals surface area contributed by atoms with Crippen LogP contribution in [0.25, 0.3) is 0 Å². The Morgan fingerprint density at radius 3 is 2.63 bits per heavy atom. The summed E-state index contributed by atoms with van der Waals surface area (Å²) in [7, 11) is 0. The maximum Gasteiger partial charge on any atom is 0.262 e. The number of carbonyl (C=O) groups excluding carboxylic acids is 1. The summed E-state index contributed by atoms with van der Waals surface area (Å²) in [6, 6.07) is -0.878. The number of hydrogen-bond acceptors (Lipinski definition) is 5. The highest BCUT2D eigenvalue weighted by Crippen LogP contribution is 2.29. The molecule has 2 heterocycles. The number of nitrogens with zero attached hydrogens (tertiary/aromatic N) is 2. The van der Waals surface area contributed by atoms with E-state index in [1.165, 1.54) is 11.3 Å². The smallest absolute Gasteiger partial charge is 0.262 e. The predicted octanol–water partition coefficient (Wildman–Crippen LogP) is 1.77. The maximum absolute atomic E-state index is 13.0. The third-order valence-electron chi connectivity index (χ3n) is 2.72. The Morgan fingerprint density at radius 2 is 2.16 bits per heavy atom. The third-order valence-corrected chi connectivity index (χ3v) is 3.99. The number of nitrogens with one attached hydrogen (secondary N) is 2. The van der Waals surface area contributed by atoms with E-state index in [0.717, 1.165) is 5.01 Å². The number of aromatic nitrogens is 2. The number of alkyl halides is 2. The van der Waals surface area contributed by atoms with Crippen LogP contribution in [0.15, 0.2) is 0 Å². The van der Waals surface area contributed by atoms with Crippen molar-refractivity contribution in [1.29, 1.82) is 0 Å². The van der Waals surface area contributed by atoms with Gasteiger partial charge in [0.25, 0.3) is 5.92 Å². The van der Waals surface area contributed by atoms with Gasteiger partial charge in [-0.05, 0) is 0 Å². The first kappa shape index (κ1) is 14.3.